The highest BCUT2D eigenvalue weighted by Gasteiger charge is 2.13. The lowest BCUT2D eigenvalue weighted by Crippen LogP contribution is -2.08. The molecule has 7 nitrogen and oxygen atoms in total. The number of methoxy groups -OCH3 is 4. The Labute approximate surface area is 215 Å². The molecule has 0 radical (unpaired) electrons. The van der Waals surface area contributed by atoms with Crippen molar-refractivity contribution < 1.29 is 18.9 Å². The van der Waals surface area contributed by atoms with Gasteiger partial charge in [0.15, 0.2) is 17.3 Å². The Morgan fingerprint density at radius 3 is 2.19 bits per heavy atom. The van der Waals surface area contributed by atoms with E-state index in [-0.39, 0.29) is 0 Å². The highest BCUT2D eigenvalue weighted by molar-refractivity contribution is 6.30. The summed E-state index contributed by atoms with van der Waals surface area (Å²) in [4.78, 5) is 9.53. The number of hydrogen-bond acceptors (Lipinski definition) is 7. The Morgan fingerprint density at radius 1 is 0.806 bits per heavy atom. The molecule has 3 aromatic carbocycles. The third-order valence-corrected chi connectivity index (χ3v) is 5.85. The Kier molecular flexibility index (Phi) is 8.13. The van der Waals surface area contributed by atoms with Crippen LogP contribution in [0.3, 0.4) is 0 Å². The lowest BCUT2D eigenvalue weighted by atomic mass is 10.1. The lowest BCUT2D eigenvalue weighted by molar-refractivity contribution is 0.356. The Balaban J connectivity index is 1.69. The van der Waals surface area contributed by atoms with Gasteiger partial charge in [0.25, 0.3) is 0 Å². The van der Waals surface area contributed by atoms with Crippen LogP contribution >= 0.6 is 11.6 Å². The number of hydrogen-bond donors (Lipinski definition) is 1. The topological polar surface area (TPSA) is 74.7 Å². The molecule has 8 heteroatoms. The first-order valence-corrected chi connectivity index (χ1v) is 11.7. The van der Waals surface area contributed by atoms with Crippen LogP contribution in [0.1, 0.15) is 17.0 Å². The van der Waals surface area contributed by atoms with Gasteiger partial charge >= 0.3 is 0 Å². The average Bonchev–Trinajstić information content (AvgIpc) is 2.90. The van der Waals surface area contributed by atoms with Gasteiger partial charge in [0.2, 0.25) is 0 Å². The number of fused-ring (bicyclic) bond motifs is 1. The number of nitrogens with zero attached hydrogens (tertiary/aromatic N) is 2. The maximum atomic E-state index is 6.13. The molecule has 0 unspecified atom stereocenters. The fourth-order valence-corrected chi connectivity index (χ4v) is 4.01. The quantitative estimate of drug-likeness (QED) is 0.277. The molecule has 0 fully saturated rings. The molecule has 1 N–H and O–H groups in total. The van der Waals surface area contributed by atoms with E-state index in [1.165, 1.54) is 0 Å². The zero-order valence-electron chi connectivity index (χ0n) is 20.7. The molecule has 36 heavy (non-hydrogen) atoms. The summed E-state index contributed by atoms with van der Waals surface area (Å²) in [6, 6.07) is 17.2. The Hall–Kier alpha value is -3.97. The van der Waals surface area contributed by atoms with Gasteiger partial charge in [-0.05, 0) is 54.0 Å². The summed E-state index contributed by atoms with van der Waals surface area (Å²) < 4.78 is 21.7. The summed E-state index contributed by atoms with van der Waals surface area (Å²) >= 11 is 6.13. The zero-order valence-corrected chi connectivity index (χ0v) is 21.4. The second kappa shape index (κ2) is 11.6. The molecule has 0 bridgehead atoms. The second-order valence-corrected chi connectivity index (χ2v) is 8.38. The fourth-order valence-electron chi connectivity index (χ4n) is 3.80. The molecule has 1 aromatic heterocycles. The van der Waals surface area contributed by atoms with Crippen molar-refractivity contribution in [2.24, 2.45) is 0 Å². The van der Waals surface area contributed by atoms with Crippen LogP contribution in [0.4, 0.5) is 5.82 Å². The van der Waals surface area contributed by atoms with Crippen molar-refractivity contribution in [1.82, 2.24) is 9.97 Å². The zero-order chi connectivity index (χ0) is 25.5. The summed E-state index contributed by atoms with van der Waals surface area (Å²) in [7, 11) is 6.46. The molecule has 0 spiro atoms. The van der Waals surface area contributed by atoms with Crippen LogP contribution in [0.5, 0.6) is 23.0 Å². The van der Waals surface area contributed by atoms with Crippen molar-refractivity contribution in [3.63, 3.8) is 0 Å². The summed E-state index contributed by atoms with van der Waals surface area (Å²) in [5.41, 5.74) is 2.77. The number of anilines is 1. The van der Waals surface area contributed by atoms with E-state index in [0.717, 1.165) is 33.5 Å². The number of aromatic nitrogens is 2. The monoisotopic (exact) mass is 505 g/mol. The number of rotatable bonds is 10. The summed E-state index contributed by atoms with van der Waals surface area (Å²) in [5, 5.41) is 5.01. The van der Waals surface area contributed by atoms with Gasteiger partial charge in [-0.25, -0.2) is 9.97 Å². The van der Waals surface area contributed by atoms with Crippen LogP contribution in [0.15, 0.2) is 54.6 Å². The first-order valence-electron chi connectivity index (χ1n) is 11.4. The first-order chi connectivity index (χ1) is 17.5. The van der Waals surface area contributed by atoms with E-state index >= 15 is 0 Å². The van der Waals surface area contributed by atoms with E-state index in [4.69, 9.17) is 40.5 Å². The summed E-state index contributed by atoms with van der Waals surface area (Å²) in [5.74, 6) is 3.86. The van der Waals surface area contributed by atoms with Gasteiger partial charge < -0.3 is 24.3 Å². The highest BCUT2D eigenvalue weighted by Crippen LogP contribution is 2.34. The molecular weight excluding hydrogens is 478 g/mol. The van der Waals surface area contributed by atoms with Crippen LogP contribution in [0.25, 0.3) is 23.1 Å². The number of halogens is 1. The van der Waals surface area contributed by atoms with E-state index in [1.54, 1.807) is 28.4 Å². The number of benzene rings is 3. The molecular formula is C28H28ClN3O4. The largest absolute Gasteiger partial charge is 0.497 e. The summed E-state index contributed by atoms with van der Waals surface area (Å²) in [6.07, 6.45) is 4.56. The van der Waals surface area contributed by atoms with E-state index in [0.29, 0.717) is 41.2 Å². The van der Waals surface area contributed by atoms with Crippen molar-refractivity contribution in [2.45, 2.75) is 6.42 Å². The van der Waals surface area contributed by atoms with E-state index < -0.39 is 0 Å². The van der Waals surface area contributed by atoms with Gasteiger partial charge in [-0.1, -0.05) is 29.8 Å². The minimum absolute atomic E-state index is 0.543. The van der Waals surface area contributed by atoms with Gasteiger partial charge in [0.05, 0.1) is 34.0 Å². The Bertz CT molecular complexity index is 1370. The first kappa shape index (κ1) is 25.1. The molecule has 0 saturated carbocycles. The van der Waals surface area contributed by atoms with Crippen LogP contribution in [0, 0.1) is 0 Å². The third-order valence-electron chi connectivity index (χ3n) is 5.61. The number of ether oxygens (including phenoxy) is 4. The smallest absolute Gasteiger partial charge is 0.162 e. The number of nitrogens with one attached hydrogen (secondary N) is 1. The second-order valence-electron chi connectivity index (χ2n) is 7.94. The van der Waals surface area contributed by atoms with Gasteiger partial charge in [0, 0.05) is 29.1 Å². The molecule has 0 saturated heterocycles. The van der Waals surface area contributed by atoms with Gasteiger partial charge in [-0.15, -0.1) is 0 Å². The van der Waals surface area contributed by atoms with E-state index in [9.17, 15) is 0 Å². The maximum absolute atomic E-state index is 6.13. The molecule has 0 atom stereocenters. The van der Waals surface area contributed by atoms with Crippen LogP contribution in [-0.2, 0) is 6.42 Å². The SMILES string of the molecule is COc1cc(/C=C/c2nc(NCCc3cccc(Cl)c3)c3cc(OC)c(OC)cc3n2)cc(OC)c1. The molecule has 0 aliphatic carbocycles. The standard InChI is InChI=1S/C28H28ClN3O4/c1-33-21-13-19(14-22(15-21)34-2)8-9-27-31-24-17-26(36-4)25(35-3)16-23(24)28(32-27)30-11-10-18-6-5-7-20(29)12-18/h5-9,12-17H,10-11H2,1-4H3,(H,30,31,32)/b9-8+. The van der Waals surface area contributed by atoms with Crippen molar-refractivity contribution in [3.05, 3.63) is 76.6 Å². The molecule has 1 heterocycles. The normalized spacial score (nSPS) is 11.0. The van der Waals surface area contributed by atoms with Crippen LogP contribution < -0.4 is 24.3 Å². The van der Waals surface area contributed by atoms with Crippen molar-refractivity contribution in [2.75, 3.05) is 40.3 Å². The van der Waals surface area contributed by atoms with E-state index in [2.05, 4.69) is 11.4 Å². The third kappa shape index (κ3) is 5.98. The predicted octanol–water partition coefficient (Wildman–Crippen LogP) is 6.14. The van der Waals surface area contributed by atoms with Crippen molar-refractivity contribution >= 4 is 40.5 Å². The molecule has 0 aliphatic rings. The maximum Gasteiger partial charge on any atom is 0.162 e. The molecule has 4 aromatic rings. The predicted molar refractivity (Wildman–Crippen MR) is 145 cm³/mol. The van der Waals surface area contributed by atoms with E-state index in [1.807, 2.05) is 60.7 Å². The van der Waals surface area contributed by atoms with Crippen LogP contribution in [-0.4, -0.2) is 45.0 Å². The molecule has 186 valence electrons. The average molecular weight is 506 g/mol. The van der Waals surface area contributed by atoms with Crippen LogP contribution in [0.2, 0.25) is 5.02 Å². The summed E-state index contributed by atoms with van der Waals surface area (Å²) in [6.45, 7) is 0.664. The lowest BCUT2D eigenvalue weighted by Gasteiger charge is -2.13. The van der Waals surface area contributed by atoms with Crippen molar-refractivity contribution in [1.29, 1.82) is 0 Å². The molecule has 0 amide bonds. The highest BCUT2D eigenvalue weighted by atomic mass is 35.5. The van der Waals surface area contributed by atoms with Gasteiger partial charge in [-0.3, -0.25) is 0 Å². The van der Waals surface area contributed by atoms with Gasteiger partial charge in [0.1, 0.15) is 17.3 Å². The minimum Gasteiger partial charge on any atom is -0.497 e. The fraction of sp³-hybridized carbons (Fsp3) is 0.214. The van der Waals surface area contributed by atoms with Gasteiger partial charge in [-0.2, -0.15) is 0 Å². The minimum atomic E-state index is 0.543. The molecule has 4 rings (SSSR count). The van der Waals surface area contributed by atoms with Crippen molar-refractivity contribution in [3.8, 4) is 23.0 Å². The molecule has 0 aliphatic heterocycles. The Morgan fingerprint density at radius 2 is 1.53 bits per heavy atom.